The lowest BCUT2D eigenvalue weighted by Gasteiger charge is -2.08. The van der Waals surface area contributed by atoms with E-state index in [2.05, 4.69) is 26.0 Å². The van der Waals surface area contributed by atoms with Gasteiger partial charge in [-0.15, -0.1) is 0 Å². The Labute approximate surface area is 254 Å². The van der Waals surface area contributed by atoms with Gasteiger partial charge in [0.25, 0.3) is 0 Å². The topological polar surface area (TPSA) is 93.1 Å². The van der Waals surface area contributed by atoms with E-state index in [1.165, 1.54) is 116 Å². The van der Waals surface area contributed by atoms with E-state index in [9.17, 15) is 9.59 Å². The highest BCUT2D eigenvalue weighted by Crippen LogP contribution is 2.12. The molecule has 41 heavy (non-hydrogen) atoms. The molecule has 6 nitrogen and oxygen atoms in total. The second kappa shape index (κ2) is 36.6. The fraction of sp³-hybridized carbons (Fsp3) is 0.886. The third-order valence-electron chi connectivity index (χ3n) is 7.08. The van der Waals surface area contributed by atoms with Crippen LogP contribution in [-0.2, 0) is 19.1 Å². The number of aliphatic hydroxyl groups excluding tert-OH is 2. The van der Waals surface area contributed by atoms with E-state index in [1.54, 1.807) is 0 Å². The van der Waals surface area contributed by atoms with E-state index in [1.807, 2.05) is 6.92 Å². The van der Waals surface area contributed by atoms with Crippen LogP contribution in [0.25, 0.3) is 0 Å². The molecule has 0 rings (SSSR count). The zero-order valence-electron chi connectivity index (χ0n) is 27.4. The fourth-order valence-corrected chi connectivity index (χ4v) is 4.47. The van der Waals surface area contributed by atoms with E-state index in [0.717, 1.165) is 25.7 Å². The molecule has 0 bridgehead atoms. The molecule has 0 saturated heterocycles. The molecule has 0 aliphatic heterocycles. The number of allylic oxidation sites excluding steroid dienone is 2. The summed E-state index contributed by atoms with van der Waals surface area (Å²) in [6, 6.07) is 0. The van der Waals surface area contributed by atoms with Crippen molar-refractivity contribution in [2.24, 2.45) is 0 Å². The van der Waals surface area contributed by atoms with Crippen molar-refractivity contribution >= 4 is 11.9 Å². The molecule has 0 aliphatic carbocycles. The molecule has 0 amide bonds. The maximum Gasteiger partial charge on any atom is 0.305 e. The Morgan fingerprint density at radius 1 is 0.561 bits per heavy atom. The lowest BCUT2D eigenvalue weighted by atomic mass is 10.1. The van der Waals surface area contributed by atoms with Crippen molar-refractivity contribution in [3.8, 4) is 0 Å². The first-order chi connectivity index (χ1) is 20.0. The average molecular weight is 585 g/mol. The number of esters is 2. The van der Waals surface area contributed by atoms with Gasteiger partial charge in [-0.3, -0.25) is 9.59 Å². The third-order valence-corrected chi connectivity index (χ3v) is 7.08. The first-order valence-electron chi connectivity index (χ1n) is 17.3. The molecule has 0 aromatic heterocycles. The van der Waals surface area contributed by atoms with Gasteiger partial charge in [-0.25, -0.2) is 0 Å². The summed E-state index contributed by atoms with van der Waals surface area (Å²) in [4.78, 5) is 22.4. The molecule has 6 heteroatoms. The maximum atomic E-state index is 11.3. The molecule has 0 fully saturated rings. The van der Waals surface area contributed by atoms with Crippen LogP contribution in [0.2, 0.25) is 0 Å². The predicted octanol–water partition coefficient (Wildman–Crippen LogP) is 9.39. The lowest BCUT2D eigenvalue weighted by molar-refractivity contribution is -0.147. The van der Waals surface area contributed by atoms with Gasteiger partial charge in [0, 0.05) is 12.8 Å². The van der Waals surface area contributed by atoms with Crippen LogP contribution < -0.4 is 0 Å². The summed E-state index contributed by atoms with van der Waals surface area (Å²) >= 11 is 0. The summed E-state index contributed by atoms with van der Waals surface area (Å²) in [6.45, 7) is 6.38. The molecule has 1 atom stereocenters. The quantitative estimate of drug-likeness (QED) is 0.0517. The number of aliphatic hydroxyl groups is 2. The Balaban J connectivity index is 0. The average Bonchev–Trinajstić information content (AvgIpc) is 2.97. The molecular formula is C35H68O6. The second-order valence-electron chi connectivity index (χ2n) is 11.2. The van der Waals surface area contributed by atoms with E-state index >= 15 is 0 Å². The van der Waals surface area contributed by atoms with E-state index in [-0.39, 0.29) is 25.2 Å². The molecule has 2 N–H and O–H groups in total. The molecule has 1 unspecified atom stereocenters. The van der Waals surface area contributed by atoms with Gasteiger partial charge >= 0.3 is 11.9 Å². The van der Waals surface area contributed by atoms with Crippen molar-refractivity contribution in [2.75, 3.05) is 19.8 Å². The Hall–Kier alpha value is -1.40. The van der Waals surface area contributed by atoms with Gasteiger partial charge in [0.1, 0.15) is 12.7 Å². The minimum atomic E-state index is -0.952. The molecule has 244 valence electrons. The highest BCUT2D eigenvalue weighted by molar-refractivity contribution is 5.69. The van der Waals surface area contributed by atoms with Crippen molar-refractivity contribution in [3.05, 3.63) is 12.2 Å². The lowest BCUT2D eigenvalue weighted by Crippen LogP contribution is -2.21. The van der Waals surface area contributed by atoms with Gasteiger partial charge in [0.2, 0.25) is 0 Å². The maximum absolute atomic E-state index is 11.3. The molecular weight excluding hydrogens is 516 g/mol. The highest BCUT2D eigenvalue weighted by atomic mass is 16.5. The number of hydrogen-bond acceptors (Lipinski definition) is 6. The van der Waals surface area contributed by atoms with Gasteiger partial charge < -0.3 is 19.7 Å². The molecule has 0 spiro atoms. The van der Waals surface area contributed by atoms with E-state index in [0.29, 0.717) is 19.4 Å². The normalized spacial score (nSPS) is 11.7. The first-order valence-corrected chi connectivity index (χ1v) is 17.3. The van der Waals surface area contributed by atoms with Crippen LogP contribution in [0.3, 0.4) is 0 Å². The van der Waals surface area contributed by atoms with Crippen LogP contribution in [0.15, 0.2) is 12.2 Å². The minimum absolute atomic E-state index is 0.0415. The van der Waals surface area contributed by atoms with Crippen molar-refractivity contribution in [1.82, 2.24) is 0 Å². The summed E-state index contributed by atoms with van der Waals surface area (Å²) in [6.07, 6.45) is 32.4. The number of hydrogen-bond donors (Lipinski definition) is 2. The predicted molar refractivity (Wildman–Crippen MR) is 172 cm³/mol. The molecule has 0 aliphatic rings. The Morgan fingerprint density at radius 2 is 0.927 bits per heavy atom. The zero-order valence-corrected chi connectivity index (χ0v) is 27.4. The summed E-state index contributed by atoms with van der Waals surface area (Å²) in [5.74, 6) is -0.324. The van der Waals surface area contributed by atoms with Crippen LogP contribution in [0.4, 0.5) is 0 Å². The highest BCUT2D eigenvalue weighted by Gasteiger charge is 2.07. The number of rotatable bonds is 29. The standard InChI is InChI=1S/C20H38O2.C15H30O4/c1-3-5-6-7-8-9-10-11-12-13-14-15-16-17-18-19-20(21)22-4-2;1-2-3-4-5-6-7-8-9-10-11-15(18)19-13-14(17)12-16/h11-12H,3-10,13-19H2,1-2H3;14,16-17H,2-13H2,1H3. The number of carbonyl (C=O) groups excluding carboxylic acids is 2. The first kappa shape index (κ1) is 41.7. The van der Waals surface area contributed by atoms with Crippen molar-refractivity contribution < 1.29 is 29.3 Å². The zero-order chi connectivity index (χ0) is 30.7. The monoisotopic (exact) mass is 585 g/mol. The summed E-state index contributed by atoms with van der Waals surface area (Å²) in [5, 5.41) is 17.6. The smallest absolute Gasteiger partial charge is 0.305 e. The Bertz CT molecular complexity index is 563. The van der Waals surface area contributed by atoms with Gasteiger partial charge in [-0.1, -0.05) is 129 Å². The van der Waals surface area contributed by atoms with Crippen LogP contribution in [0, 0.1) is 0 Å². The van der Waals surface area contributed by atoms with Crippen LogP contribution in [0.5, 0.6) is 0 Å². The largest absolute Gasteiger partial charge is 0.466 e. The molecule has 0 radical (unpaired) electrons. The summed E-state index contributed by atoms with van der Waals surface area (Å²) < 4.78 is 9.73. The molecule has 0 aromatic rings. The second-order valence-corrected chi connectivity index (χ2v) is 11.2. The molecule has 0 saturated carbocycles. The van der Waals surface area contributed by atoms with E-state index < -0.39 is 6.10 Å². The van der Waals surface area contributed by atoms with Gasteiger partial charge in [-0.2, -0.15) is 0 Å². The minimum Gasteiger partial charge on any atom is -0.466 e. The molecule has 0 aromatic carbocycles. The number of carbonyl (C=O) groups is 2. The van der Waals surface area contributed by atoms with E-state index in [4.69, 9.17) is 19.7 Å². The van der Waals surface area contributed by atoms with Crippen molar-refractivity contribution in [2.45, 2.75) is 181 Å². The van der Waals surface area contributed by atoms with Crippen molar-refractivity contribution in [1.29, 1.82) is 0 Å². The van der Waals surface area contributed by atoms with Gasteiger partial charge in [-0.05, 0) is 45.4 Å². The third kappa shape index (κ3) is 38.6. The number of ether oxygens (including phenoxy) is 2. The Kier molecular flexibility index (Phi) is 37.3. The van der Waals surface area contributed by atoms with Crippen molar-refractivity contribution in [3.63, 3.8) is 0 Å². The van der Waals surface area contributed by atoms with Crippen LogP contribution >= 0.6 is 0 Å². The van der Waals surface area contributed by atoms with Crippen LogP contribution in [-0.4, -0.2) is 48.1 Å². The number of unbranched alkanes of at least 4 members (excludes halogenated alkanes) is 19. The Morgan fingerprint density at radius 3 is 1.32 bits per heavy atom. The SMILES string of the molecule is CCCCCCCCC=CCCCCCCCC(=O)OCC.CCCCCCCCCCCC(=O)OCC(O)CO. The summed E-state index contributed by atoms with van der Waals surface area (Å²) in [5.41, 5.74) is 0. The van der Waals surface area contributed by atoms with Crippen LogP contribution in [0.1, 0.15) is 175 Å². The van der Waals surface area contributed by atoms with Gasteiger partial charge in [0.05, 0.1) is 13.2 Å². The fourth-order valence-electron chi connectivity index (χ4n) is 4.47. The molecule has 0 heterocycles. The summed E-state index contributed by atoms with van der Waals surface area (Å²) in [7, 11) is 0. The van der Waals surface area contributed by atoms with Gasteiger partial charge in [0.15, 0.2) is 0 Å².